The molecule has 4 N–H and O–H groups in total. The van der Waals surface area contributed by atoms with Crippen LogP contribution in [-0.2, 0) is 41.3 Å². The molecule has 1 aliphatic rings. The second-order valence-corrected chi connectivity index (χ2v) is 7.17. The molecule has 1 aliphatic carbocycles. The Bertz CT molecular complexity index is 445. The van der Waals surface area contributed by atoms with Gasteiger partial charge in [0.15, 0.2) is 0 Å². The first-order chi connectivity index (χ1) is 6.96. The van der Waals surface area contributed by atoms with Gasteiger partial charge in [0.2, 0.25) is 0 Å². The van der Waals surface area contributed by atoms with Gasteiger partial charge < -0.3 is 20.6 Å². The van der Waals surface area contributed by atoms with Crippen molar-refractivity contribution in [1.29, 1.82) is 0 Å². The molecule has 0 radical (unpaired) electrons. The van der Waals surface area contributed by atoms with E-state index >= 15 is 0 Å². The predicted molar refractivity (Wildman–Crippen MR) is 51.7 cm³/mol. The molecule has 104 valence electrons. The van der Waals surface area contributed by atoms with E-state index in [1.54, 1.807) is 0 Å². The number of hydrogen-bond donors (Lipinski definition) is 2. The standard InChI is InChI=1S/C6H14N2O6S2.Pt/c7-5(15(9,10)11)3-1-2-4-6(5,8)16(12,13)14;/h1-4,7-8H2,(H,9,10,11)(H,12,13,14);/q;+2/p-2/t5-,6+;. The molecule has 0 aliphatic heterocycles. The average molecular weight is 467 g/mol. The SMILES string of the molecule is N[C@]1(S(=O)(=O)[O-])CCCC[C@@]1(N)S(=O)(=O)[O-].[Pt+2]. The second kappa shape index (κ2) is 4.84. The van der Waals surface area contributed by atoms with E-state index < -0.39 is 42.8 Å². The maximum absolute atomic E-state index is 11.0. The summed E-state index contributed by atoms with van der Waals surface area (Å²) in [7, 11) is -10.4. The molecule has 0 bridgehead atoms. The van der Waals surface area contributed by atoms with Crippen molar-refractivity contribution in [2.75, 3.05) is 0 Å². The van der Waals surface area contributed by atoms with Crippen molar-refractivity contribution in [3.05, 3.63) is 0 Å². The summed E-state index contributed by atoms with van der Waals surface area (Å²) >= 11 is 0. The maximum atomic E-state index is 11.0. The van der Waals surface area contributed by atoms with Gasteiger partial charge in [0.05, 0.1) is 0 Å². The van der Waals surface area contributed by atoms with Crippen molar-refractivity contribution >= 4 is 20.2 Å². The molecule has 0 aromatic carbocycles. The van der Waals surface area contributed by atoms with E-state index in [-0.39, 0.29) is 33.9 Å². The zero-order valence-corrected chi connectivity index (χ0v) is 12.5. The Morgan fingerprint density at radius 3 is 1.24 bits per heavy atom. The average Bonchev–Trinajstić information content (AvgIpc) is 2.06. The predicted octanol–water partition coefficient (Wildman–Crippen LogP) is -2.04. The summed E-state index contributed by atoms with van der Waals surface area (Å²) in [6.07, 6.45) is -0.410. The molecule has 11 heteroatoms. The first-order valence-corrected chi connectivity index (χ1v) is 7.26. The Morgan fingerprint density at radius 1 is 0.824 bits per heavy atom. The van der Waals surface area contributed by atoms with Crippen molar-refractivity contribution < 1.29 is 47.0 Å². The van der Waals surface area contributed by atoms with Crippen LogP contribution in [0.4, 0.5) is 0 Å². The largest absolute Gasteiger partial charge is 2.00 e. The molecule has 1 saturated carbocycles. The Morgan fingerprint density at radius 2 is 1.06 bits per heavy atom. The van der Waals surface area contributed by atoms with Crippen molar-refractivity contribution in [3.8, 4) is 0 Å². The molecule has 0 spiro atoms. The molecule has 0 heterocycles. The molecule has 8 nitrogen and oxygen atoms in total. The van der Waals surface area contributed by atoms with Gasteiger partial charge >= 0.3 is 21.1 Å². The molecule has 0 aromatic heterocycles. The summed E-state index contributed by atoms with van der Waals surface area (Å²) in [5.74, 6) is 0. The maximum Gasteiger partial charge on any atom is 2.00 e. The fraction of sp³-hybridized carbons (Fsp3) is 1.00. The molecule has 0 saturated heterocycles. The van der Waals surface area contributed by atoms with Gasteiger partial charge in [0.1, 0.15) is 30.0 Å². The molecular weight excluding hydrogens is 455 g/mol. The van der Waals surface area contributed by atoms with Crippen LogP contribution in [0.25, 0.3) is 0 Å². The van der Waals surface area contributed by atoms with E-state index in [0.717, 1.165) is 0 Å². The molecule has 0 aromatic rings. The van der Waals surface area contributed by atoms with Crippen LogP contribution >= 0.6 is 0 Å². The molecule has 1 fully saturated rings. The van der Waals surface area contributed by atoms with Gasteiger partial charge in [-0.25, -0.2) is 16.8 Å². The Labute approximate surface area is 114 Å². The van der Waals surface area contributed by atoms with Crippen LogP contribution in [-0.4, -0.2) is 35.7 Å². The van der Waals surface area contributed by atoms with Crippen molar-refractivity contribution in [1.82, 2.24) is 0 Å². The minimum atomic E-state index is -5.19. The van der Waals surface area contributed by atoms with E-state index in [1.165, 1.54) is 0 Å². The summed E-state index contributed by atoms with van der Waals surface area (Å²) in [5, 5.41) is 0. The van der Waals surface area contributed by atoms with Crippen molar-refractivity contribution in [2.45, 2.75) is 35.4 Å². The van der Waals surface area contributed by atoms with Crippen LogP contribution in [0.15, 0.2) is 0 Å². The van der Waals surface area contributed by atoms with Crippen molar-refractivity contribution in [3.63, 3.8) is 0 Å². The molecule has 2 atom stereocenters. The Balaban J connectivity index is 0.00000256. The van der Waals surface area contributed by atoms with E-state index in [2.05, 4.69) is 0 Å². The summed E-state index contributed by atoms with van der Waals surface area (Å²) in [6.45, 7) is 0. The van der Waals surface area contributed by atoms with E-state index in [0.29, 0.717) is 0 Å². The van der Waals surface area contributed by atoms with Gasteiger partial charge in [0, 0.05) is 0 Å². The third-order valence-corrected chi connectivity index (χ3v) is 6.01. The van der Waals surface area contributed by atoms with Gasteiger partial charge in [-0.3, -0.25) is 0 Å². The fourth-order valence-corrected chi connectivity index (χ4v) is 4.32. The van der Waals surface area contributed by atoms with Crippen LogP contribution in [0, 0.1) is 0 Å². The Hall–Kier alpha value is 0.428. The van der Waals surface area contributed by atoms with Crippen LogP contribution in [0.1, 0.15) is 25.7 Å². The number of rotatable bonds is 2. The zero-order valence-electron chi connectivity index (χ0n) is 8.57. The quantitative estimate of drug-likeness (QED) is 0.438. The van der Waals surface area contributed by atoms with E-state index in [1.807, 2.05) is 0 Å². The first-order valence-electron chi connectivity index (χ1n) is 4.44. The molecule has 0 unspecified atom stereocenters. The summed E-state index contributed by atoms with van der Waals surface area (Å²) < 4.78 is 66.0. The topological polar surface area (TPSA) is 166 Å². The normalized spacial score (nSPS) is 35.1. The van der Waals surface area contributed by atoms with Crippen LogP contribution < -0.4 is 11.5 Å². The molecule has 1 rings (SSSR count). The van der Waals surface area contributed by atoms with Gasteiger partial charge in [-0.05, 0) is 12.8 Å². The van der Waals surface area contributed by atoms with Crippen LogP contribution in [0.3, 0.4) is 0 Å². The monoisotopic (exact) mass is 467 g/mol. The third kappa shape index (κ3) is 2.58. The second-order valence-electron chi connectivity index (χ2n) is 3.89. The summed E-state index contributed by atoms with van der Waals surface area (Å²) in [5.41, 5.74) is 10.6. The molecular formula is C6H12N2O6PtS2. The minimum absolute atomic E-state index is 0. The zero-order chi connectivity index (χ0) is 12.8. The van der Waals surface area contributed by atoms with E-state index in [4.69, 9.17) is 11.5 Å². The Kier molecular flexibility index (Phi) is 4.96. The first kappa shape index (κ1) is 17.4. The van der Waals surface area contributed by atoms with Gasteiger partial charge in [0.25, 0.3) is 0 Å². The van der Waals surface area contributed by atoms with Crippen LogP contribution in [0.2, 0.25) is 0 Å². The smallest absolute Gasteiger partial charge is 0.746 e. The number of hydrogen-bond acceptors (Lipinski definition) is 8. The van der Waals surface area contributed by atoms with Crippen LogP contribution in [0.5, 0.6) is 0 Å². The van der Waals surface area contributed by atoms with Gasteiger partial charge in [-0.1, -0.05) is 12.8 Å². The number of nitrogens with two attached hydrogens (primary N) is 2. The minimum Gasteiger partial charge on any atom is -0.746 e. The van der Waals surface area contributed by atoms with Gasteiger partial charge in [-0.15, -0.1) is 0 Å². The fourth-order valence-electron chi connectivity index (χ4n) is 1.87. The third-order valence-electron chi connectivity index (χ3n) is 2.95. The molecule has 0 amide bonds. The molecule has 17 heavy (non-hydrogen) atoms. The van der Waals surface area contributed by atoms with Crippen molar-refractivity contribution in [2.24, 2.45) is 11.5 Å². The summed E-state index contributed by atoms with van der Waals surface area (Å²) in [4.78, 5) is -5.50. The summed E-state index contributed by atoms with van der Waals surface area (Å²) in [6, 6.07) is 0. The van der Waals surface area contributed by atoms with Gasteiger partial charge in [-0.2, -0.15) is 0 Å². The van der Waals surface area contributed by atoms with E-state index in [9.17, 15) is 25.9 Å².